The van der Waals surface area contributed by atoms with Gasteiger partial charge in [0.25, 0.3) is 11.0 Å². The number of carbonyl (C=O) groups is 3. The molecule has 0 spiro atoms. The smallest absolute Gasteiger partial charge is 0.333 e. The number of unbranched alkanes of at least 4 members (excludes halogenated alkanes) is 1. The van der Waals surface area contributed by atoms with Crippen LogP contribution in [0, 0.1) is 22.0 Å². The maximum atomic E-state index is 14.5. The van der Waals surface area contributed by atoms with Crippen molar-refractivity contribution < 1.29 is 62.2 Å². The molecule has 0 radical (unpaired) electrons. The van der Waals surface area contributed by atoms with E-state index in [9.17, 15) is 43.5 Å². The lowest BCUT2D eigenvalue weighted by Gasteiger charge is -2.20. The van der Waals surface area contributed by atoms with Crippen molar-refractivity contribution in [2.75, 3.05) is 26.9 Å². The molecule has 55 heavy (non-hydrogen) atoms. The molecular weight excluding hydrogens is 726 g/mol. The summed E-state index contributed by atoms with van der Waals surface area (Å²) in [5.74, 6) is -5.33. The molecule has 0 aliphatic heterocycles. The number of hydrogen-bond donors (Lipinski definition) is 3. The highest BCUT2D eigenvalue weighted by Crippen LogP contribution is 2.37. The Kier molecular flexibility index (Phi) is 18.2. The van der Waals surface area contributed by atoms with Crippen LogP contribution in [0.2, 0.25) is 0 Å². The number of aliphatic hydroxyl groups is 2. The van der Waals surface area contributed by atoms with Crippen molar-refractivity contribution in [3.05, 3.63) is 94.6 Å². The Morgan fingerprint density at radius 3 is 2.53 bits per heavy atom. The summed E-state index contributed by atoms with van der Waals surface area (Å²) in [7, 11) is 1.39. The summed E-state index contributed by atoms with van der Waals surface area (Å²) >= 11 is 0. The molecular formula is C39H48F2N2O12. The van der Waals surface area contributed by atoms with E-state index in [0.29, 0.717) is 30.6 Å². The fraction of sp³-hybridized carbons (Fsp3) is 0.462. The second-order valence-corrected chi connectivity index (χ2v) is 12.8. The summed E-state index contributed by atoms with van der Waals surface area (Å²) < 4.78 is 49.9. The summed E-state index contributed by atoms with van der Waals surface area (Å²) in [4.78, 5) is 51.2. The lowest BCUT2D eigenvalue weighted by Crippen LogP contribution is -2.40. The molecule has 16 heteroatoms. The first kappa shape index (κ1) is 44.0. The highest BCUT2D eigenvalue weighted by atomic mass is 19.3. The van der Waals surface area contributed by atoms with Gasteiger partial charge in [-0.3, -0.25) is 9.59 Å². The fourth-order valence-electron chi connectivity index (χ4n) is 5.65. The van der Waals surface area contributed by atoms with Crippen molar-refractivity contribution in [2.45, 2.75) is 76.0 Å². The minimum atomic E-state index is -3.28. The number of ether oxygens (including phenoxy) is 4. The largest absolute Gasteiger partial charge is 0.493 e. The molecule has 300 valence electrons. The second-order valence-electron chi connectivity index (χ2n) is 12.8. The van der Waals surface area contributed by atoms with E-state index < -0.39 is 59.6 Å². The lowest BCUT2D eigenvalue weighted by molar-refractivity contribution is -0.757. The molecule has 0 bridgehead atoms. The van der Waals surface area contributed by atoms with Gasteiger partial charge in [0.15, 0.2) is 18.1 Å². The predicted molar refractivity (Wildman–Crippen MR) is 196 cm³/mol. The third-order valence-electron chi connectivity index (χ3n) is 8.50. The standard InChI is InChI=1S/C39H48F2N2O12/c1-27(38(48)55-34-19-18-28(24-35(34)51-2)12-10-22-52-37(47)17-11-23-54-43(49)50)42-36(46)16-9-4-3-8-15-30-31(33(45)25-32(30)44)20-21-39(40,41)26-53-29-13-6-5-7-14-29/h3,5-8,10,12-14,18-21,24,27,30-33,44-45H,4,9,11,15-17,22-23,25-26H2,1-2H3,(H,42,46)/b8-3-,12-10+,21-20+/t27?,30-,31-,32+,33-/m1/s1. The number of benzene rings is 2. The number of allylic oxidation sites excluding steroid dienone is 2. The molecule has 0 heterocycles. The summed E-state index contributed by atoms with van der Waals surface area (Å²) in [6.45, 7) is 0.389. The molecule has 1 unspecified atom stereocenters. The van der Waals surface area contributed by atoms with Crippen LogP contribution in [0.5, 0.6) is 17.2 Å². The summed E-state index contributed by atoms with van der Waals surface area (Å²) in [5, 5.41) is 32.7. The Morgan fingerprint density at radius 2 is 1.80 bits per heavy atom. The molecule has 1 aliphatic carbocycles. The molecule has 5 atom stereocenters. The van der Waals surface area contributed by atoms with Crippen LogP contribution in [0.25, 0.3) is 6.08 Å². The van der Waals surface area contributed by atoms with Crippen LogP contribution in [0.3, 0.4) is 0 Å². The van der Waals surface area contributed by atoms with Crippen LogP contribution >= 0.6 is 0 Å². The van der Waals surface area contributed by atoms with Crippen LogP contribution in [-0.2, 0) is 24.0 Å². The second kappa shape index (κ2) is 22.8. The molecule has 0 aromatic heterocycles. The van der Waals surface area contributed by atoms with Gasteiger partial charge in [-0.2, -0.15) is 8.78 Å². The van der Waals surface area contributed by atoms with Crippen LogP contribution in [-0.4, -0.2) is 84.2 Å². The minimum absolute atomic E-state index is 0.0325. The SMILES string of the molecule is COc1cc(/C=C/COC(=O)CCCO[N+](=O)[O-])ccc1OC(=O)C(C)NC(=O)CCC/C=C\C[C@@H]1[C@@H](/C=C/C(F)(F)COc2ccccc2)[C@H](O)C[C@@H]1O. The monoisotopic (exact) mass is 774 g/mol. The lowest BCUT2D eigenvalue weighted by atomic mass is 9.89. The number of aliphatic hydroxyl groups excluding tert-OH is 2. The van der Waals surface area contributed by atoms with Gasteiger partial charge >= 0.3 is 11.9 Å². The molecule has 1 aliphatic rings. The number of halogens is 2. The Morgan fingerprint density at radius 1 is 1.04 bits per heavy atom. The summed E-state index contributed by atoms with van der Waals surface area (Å²) in [6.07, 6.45) is 8.63. The number of alkyl halides is 2. The molecule has 1 saturated carbocycles. The number of nitrogens with zero attached hydrogens (tertiary/aromatic N) is 1. The van der Waals surface area contributed by atoms with E-state index in [1.165, 1.54) is 26.2 Å². The van der Waals surface area contributed by atoms with Crippen molar-refractivity contribution in [1.82, 2.24) is 5.32 Å². The maximum Gasteiger partial charge on any atom is 0.333 e. The molecule has 1 fully saturated rings. The number of amides is 1. The first-order chi connectivity index (χ1) is 26.3. The van der Waals surface area contributed by atoms with E-state index in [4.69, 9.17) is 18.9 Å². The Labute approximate surface area is 317 Å². The van der Waals surface area contributed by atoms with Crippen molar-refractivity contribution in [2.24, 2.45) is 11.8 Å². The van der Waals surface area contributed by atoms with Crippen LogP contribution in [0.4, 0.5) is 8.78 Å². The van der Waals surface area contributed by atoms with Crippen LogP contribution < -0.4 is 19.5 Å². The molecule has 0 saturated heterocycles. The first-order valence-corrected chi connectivity index (χ1v) is 17.8. The third-order valence-corrected chi connectivity index (χ3v) is 8.50. The van der Waals surface area contributed by atoms with E-state index in [1.54, 1.807) is 60.7 Å². The highest BCUT2D eigenvalue weighted by Gasteiger charge is 2.40. The normalized spacial score (nSPS) is 19.0. The van der Waals surface area contributed by atoms with Crippen molar-refractivity contribution >= 4 is 23.9 Å². The van der Waals surface area contributed by atoms with E-state index in [-0.39, 0.29) is 56.3 Å². The van der Waals surface area contributed by atoms with Gasteiger partial charge in [-0.25, -0.2) is 4.79 Å². The van der Waals surface area contributed by atoms with Gasteiger partial charge in [0.2, 0.25) is 5.91 Å². The molecule has 2 aromatic carbocycles. The zero-order valence-electron chi connectivity index (χ0n) is 30.7. The van der Waals surface area contributed by atoms with Crippen molar-refractivity contribution in [3.63, 3.8) is 0 Å². The van der Waals surface area contributed by atoms with E-state index in [1.807, 2.05) is 6.08 Å². The molecule has 2 aromatic rings. The Hall–Kier alpha value is -5.35. The van der Waals surface area contributed by atoms with Gasteiger partial charge in [-0.15, -0.1) is 10.1 Å². The van der Waals surface area contributed by atoms with Crippen LogP contribution in [0.15, 0.2) is 78.9 Å². The van der Waals surface area contributed by atoms with Crippen molar-refractivity contribution in [1.29, 1.82) is 0 Å². The fourth-order valence-corrected chi connectivity index (χ4v) is 5.65. The number of methoxy groups -OCH3 is 1. The van der Waals surface area contributed by atoms with Crippen molar-refractivity contribution in [3.8, 4) is 17.2 Å². The number of esters is 2. The van der Waals surface area contributed by atoms with Gasteiger partial charge in [-0.05, 0) is 80.5 Å². The zero-order chi connectivity index (χ0) is 40.2. The van der Waals surface area contributed by atoms with E-state index >= 15 is 0 Å². The first-order valence-electron chi connectivity index (χ1n) is 17.8. The van der Waals surface area contributed by atoms with Gasteiger partial charge < -0.3 is 39.3 Å². The number of para-hydroxylation sites is 1. The molecule has 3 rings (SSSR count). The average molecular weight is 775 g/mol. The number of nitrogens with one attached hydrogen (secondary N) is 1. The average Bonchev–Trinajstić information content (AvgIpc) is 3.43. The van der Waals surface area contributed by atoms with Gasteiger partial charge in [0.1, 0.15) is 18.4 Å². The molecule has 1 amide bonds. The molecule has 3 N–H and O–H groups in total. The minimum Gasteiger partial charge on any atom is -0.493 e. The summed E-state index contributed by atoms with van der Waals surface area (Å²) in [6, 6.07) is 12.0. The van der Waals surface area contributed by atoms with Crippen LogP contribution in [0.1, 0.15) is 57.4 Å². The number of rotatable bonds is 23. The number of carbonyl (C=O) groups excluding carboxylic acids is 3. The molecule has 14 nitrogen and oxygen atoms in total. The third kappa shape index (κ3) is 16.3. The van der Waals surface area contributed by atoms with Gasteiger partial charge in [-0.1, -0.05) is 48.6 Å². The topological polar surface area (TPSA) is 193 Å². The van der Waals surface area contributed by atoms with E-state index in [2.05, 4.69) is 10.2 Å². The zero-order valence-corrected chi connectivity index (χ0v) is 30.7. The van der Waals surface area contributed by atoms with Gasteiger partial charge in [0.05, 0.1) is 25.9 Å². The van der Waals surface area contributed by atoms with Gasteiger partial charge in [0, 0.05) is 25.2 Å². The number of hydrogen-bond acceptors (Lipinski definition) is 12. The maximum absolute atomic E-state index is 14.5. The highest BCUT2D eigenvalue weighted by molar-refractivity contribution is 5.85. The Bertz CT molecular complexity index is 1640. The quantitative estimate of drug-likeness (QED) is 0.0326. The van der Waals surface area contributed by atoms with E-state index in [0.717, 1.165) is 6.08 Å². The summed E-state index contributed by atoms with van der Waals surface area (Å²) in [5.41, 5.74) is 0.654. The predicted octanol–water partition coefficient (Wildman–Crippen LogP) is 5.40. The Balaban J connectivity index is 1.37.